The van der Waals surface area contributed by atoms with Gasteiger partial charge in [0.05, 0.1) is 0 Å². The summed E-state index contributed by atoms with van der Waals surface area (Å²) < 4.78 is 38.0. The first-order chi connectivity index (χ1) is 8.37. The molecule has 0 radical (unpaired) electrons. The van der Waals surface area contributed by atoms with Crippen molar-refractivity contribution >= 4 is 5.91 Å². The molecule has 0 spiro atoms. The van der Waals surface area contributed by atoms with Gasteiger partial charge < -0.3 is 16.0 Å². The molecule has 0 aromatic carbocycles. The molecular weight excluding hydrogens is 259 g/mol. The molecule has 0 aromatic rings. The minimum atomic E-state index is -4.77. The van der Waals surface area contributed by atoms with Gasteiger partial charge in [0, 0.05) is 12.6 Å². The van der Waals surface area contributed by atoms with Crippen LogP contribution in [0.1, 0.15) is 27.2 Å². The Bertz CT molecular complexity index is 291. The van der Waals surface area contributed by atoms with Crippen LogP contribution in [0.15, 0.2) is 0 Å². The molecule has 2 atom stereocenters. The Hall–Kier alpha value is -0.820. The third kappa shape index (κ3) is 5.78. The number of carbonyl (C=O) groups excluding carboxylic acids is 1. The number of halogens is 3. The van der Waals surface area contributed by atoms with E-state index in [1.165, 1.54) is 0 Å². The van der Waals surface area contributed by atoms with Crippen molar-refractivity contribution in [3.63, 3.8) is 0 Å². The molecule has 0 rings (SSSR count). The monoisotopic (exact) mass is 283 g/mol. The molecule has 114 valence electrons. The van der Waals surface area contributed by atoms with Gasteiger partial charge in [-0.1, -0.05) is 13.8 Å². The lowest BCUT2D eigenvalue weighted by atomic mass is 9.99. The summed E-state index contributed by atoms with van der Waals surface area (Å²) in [6.45, 7) is 5.04. The molecule has 0 aromatic heterocycles. The SMILES string of the molecule is CC(C)CC(CN(C)C)NC(=O)C(C)(N)C(F)(F)F. The number of nitrogens with one attached hydrogen (secondary N) is 1. The zero-order valence-electron chi connectivity index (χ0n) is 12.1. The van der Waals surface area contributed by atoms with Gasteiger partial charge in [-0.15, -0.1) is 0 Å². The lowest BCUT2D eigenvalue weighted by molar-refractivity contribution is -0.187. The topological polar surface area (TPSA) is 58.4 Å². The summed E-state index contributed by atoms with van der Waals surface area (Å²) in [6, 6.07) is -0.354. The molecule has 2 unspecified atom stereocenters. The van der Waals surface area contributed by atoms with E-state index in [1.807, 2.05) is 18.7 Å². The molecule has 0 aliphatic carbocycles. The standard InChI is InChI=1S/C12H24F3N3O/c1-8(2)6-9(7-18(4)5)17-10(19)11(3,16)12(13,14)15/h8-9H,6-7,16H2,1-5H3,(H,17,19). The number of amides is 1. The summed E-state index contributed by atoms with van der Waals surface area (Å²) in [5.74, 6) is -0.923. The highest BCUT2D eigenvalue weighted by atomic mass is 19.4. The maximum atomic E-state index is 12.7. The number of rotatable bonds is 6. The van der Waals surface area contributed by atoms with Gasteiger partial charge >= 0.3 is 6.18 Å². The van der Waals surface area contributed by atoms with Crippen LogP contribution < -0.4 is 11.1 Å². The van der Waals surface area contributed by atoms with Crippen molar-refractivity contribution in [3.8, 4) is 0 Å². The minimum Gasteiger partial charge on any atom is -0.350 e. The van der Waals surface area contributed by atoms with Crippen LogP contribution in [-0.4, -0.2) is 49.2 Å². The van der Waals surface area contributed by atoms with Gasteiger partial charge in [0.15, 0.2) is 5.54 Å². The largest absolute Gasteiger partial charge is 0.415 e. The molecule has 0 fully saturated rings. The van der Waals surface area contributed by atoms with E-state index < -0.39 is 17.6 Å². The van der Waals surface area contributed by atoms with Crippen LogP contribution in [0.4, 0.5) is 13.2 Å². The van der Waals surface area contributed by atoms with E-state index in [1.54, 1.807) is 14.1 Å². The summed E-state index contributed by atoms with van der Waals surface area (Å²) >= 11 is 0. The second-order valence-electron chi connectivity index (χ2n) is 5.76. The molecule has 0 saturated carbocycles. The molecular formula is C12H24F3N3O. The van der Waals surface area contributed by atoms with E-state index in [-0.39, 0.29) is 12.0 Å². The smallest absolute Gasteiger partial charge is 0.350 e. The highest BCUT2D eigenvalue weighted by Gasteiger charge is 2.54. The Morgan fingerprint density at radius 2 is 1.79 bits per heavy atom. The fraction of sp³-hybridized carbons (Fsp3) is 0.917. The number of hydrogen-bond donors (Lipinski definition) is 2. The van der Waals surface area contributed by atoms with Crippen LogP contribution in [0.3, 0.4) is 0 Å². The average molecular weight is 283 g/mol. The molecule has 0 saturated heterocycles. The minimum absolute atomic E-state index is 0.264. The van der Waals surface area contributed by atoms with Crippen molar-refractivity contribution in [2.24, 2.45) is 11.7 Å². The first-order valence-corrected chi connectivity index (χ1v) is 6.19. The molecule has 0 heterocycles. The first-order valence-electron chi connectivity index (χ1n) is 6.19. The predicted molar refractivity (Wildman–Crippen MR) is 68.6 cm³/mol. The van der Waals surface area contributed by atoms with E-state index in [0.29, 0.717) is 19.9 Å². The molecule has 1 amide bonds. The van der Waals surface area contributed by atoms with E-state index in [4.69, 9.17) is 5.73 Å². The third-order valence-electron chi connectivity index (χ3n) is 2.74. The summed E-state index contributed by atoms with van der Waals surface area (Å²) in [5, 5.41) is 2.40. The maximum absolute atomic E-state index is 12.7. The molecule has 0 bridgehead atoms. The molecule has 4 nitrogen and oxygen atoms in total. The quantitative estimate of drug-likeness (QED) is 0.774. The van der Waals surface area contributed by atoms with Crippen molar-refractivity contribution < 1.29 is 18.0 Å². The van der Waals surface area contributed by atoms with Gasteiger partial charge in [0.2, 0.25) is 5.91 Å². The second kappa shape index (κ2) is 6.56. The Balaban J connectivity index is 4.80. The Morgan fingerprint density at radius 1 is 1.32 bits per heavy atom. The lowest BCUT2D eigenvalue weighted by Crippen LogP contribution is -2.63. The predicted octanol–water partition coefficient (Wildman–Crippen LogP) is 1.36. The fourth-order valence-corrected chi connectivity index (χ4v) is 1.65. The number of carbonyl (C=O) groups is 1. The maximum Gasteiger partial charge on any atom is 0.415 e. The van der Waals surface area contributed by atoms with Gasteiger partial charge in [-0.2, -0.15) is 13.2 Å². The third-order valence-corrected chi connectivity index (χ3v) is 2.74. The fourth-order valence-electron chi connectivity index (χ4n) is 1.65. The highest BCUT2D eigenvalue weighted by Crippen LogP contribution is 2.28. The van der Waals surface area contributed by atoms with Crippen LogP contribution in [0, 0.1) is 5.92 Å². The Kier molecular flexibility index (Phi) is 6.28. The van der Waals surface area contributed by atoms with Crippen LogP contribution in [-0.2, 0) is 4.79 Å². The van der Waals surface area contributed by atoms with Crippen LogP contribution in [0.2, 0.25) is 0 Å². The first kappa shape index (κ1) is 18.2. The zero-order chi connectivity index (χ0) is 15.4. The average Bonchev–Trinajstić information content (AvgIpc) is 2.12. The number of nitrogens with zero attached hydrogens (tertiary/aromatic N) is 1. The summed E-state index contributed by atoms with van der Waals surface area (Å²) in [4.78, 5) is 13.5. The summed E-state index contributed by atoms with van der Waals surface area (Å²) in [5.41, 5.74) is 2.23. The van der Waals surface area contributed by atoms with E-state index in [9.17, 15) is 18.0 Å². The molecule has 3 N–H and O–H groups in total. The Morgan fingerprint density at radius 3 is 2.11 bits per heavy atom. The molecule has 19 heavy (non-hydrogen) atoms. The van der Waals surface area contributed by atoms with Gasteiger partial charge in [-0.25, -0.2) is 0 Å². The number of likely N-dealkylation sites (N-methyl/N-ethyl adjacent to an activating group) is 1. The van der Waals surface area contributed by atoms with Gasteiger partial charge in [-0.05, 0) is 33.4 Å². The van der Waals surface area contributed by atoms with Crippen LogP contribution >= 0.6 is 0 Å². The van der Waals surface area contributed by atoms with Crippen molar-refractivity contribution in [3.05, 3.63) is 0 Å². The van der Waals surface area contributed by atoms with Crippen molar-refractivity contribution in [1.29, 1.82) is 0 Å². The number of hydrogen-bond acceptors (Lipinski definition) is 3. The van der Waals surface area contributed by atoms with Crippen LogP contribution in [0.25, 0.3) is 0 Å². The van der Waals surface area contributed by atoms with Crippen LogP contribution in [0.5, 0.6) is 0 Å². The highest BCUT2D eigenvalue weighted by molar-refractivity contribution is 5.86. The number of nitrogens with two attached hydrogens (primary N) is 1. The van der Waals surface area contributed by atoms with Gasteiger partial charge in [-0.3, -0.25) is 4.79 Å². The Labute approximate surface area is 112 Å². The number of alkyl halides is 3. The van der Waals surface area contributed by atoms with Crippen molar-refractivity contribution in [1.82, 2.24) is 10.2 Å². The molecule has 0 aliphatic rings. The van der Waals surface area contributed by atoms with E-state index in [0.717, 1.165) is 0 Å². The summed E-state index contributed by atoms with van der Waals surface area (Å²) in [6.07, 6.45) is -4.17. The van der Waals surface area contributed by atoms with Gasteiger partial charge in [0.1, 0.15) is 0 Å². The lowest BCUT2D eigenvalue weighted by Gasteiger charge is -2.30. The molecule has 7 heteroatoms. The molecule has 0 aliphatic heterocycles. The normalized spacial score (nSPS) is 17.4. The van der Waals surface area contributed by atoms with Crippen molar-refractivity contribution in [2.75, 3.05) is 20.6 Å². The van der Waals surface area contributed by atoms with E-state index in [2.05, 4.69) is 5.32 Å². The van der Waals surface area contributed by atoms with E-state index >= 15 is 0 Å². The second-order valence-corrected chi connectivity index (χ2v) is 5.76. The van der Waals surface area contributed by atoms with Crippen molar-refractivity contribution in [2.45, 2.75) is 44.9 Å². The zero-order valence-corrected chi connectivity index (χ0v) is 12.1. The summed E-state index contributed by atoms with van der Waals surface area (Å²) in [7, 11) is 3.59. The van der Waals surface area contributed by atoms with Gasteiger partial charge in [0.25, 0.3) is 0 Å².